The molecular formula is C22H15F2N5O3S. The van der Waals surface area contributed by atoms with E-state index in [1.807, 2.05) is 6.07 Å². The number of para-hydroxylation sites is 2. The molecular weight excluding hydrogens is 452 g/mol. The van der Waals surface area contributed by atoms with Crippen molar-refractivity contribution in [3.63, 3.8) is 0 Å². The van der Waals surface area contributed by atoms with Crippen molar-refractivity contribution in [2.45, 2.75) is 5.16 Å². The van der Waals surface area contributed by atoms with Crippen LogP contribution in [0.2, 0.25) is 0 Å². The van der Waals surface area contributed by atoms with Crippen molar-refractivity contribution in [3.05, 3.63) is 94.5 Å². The Bertz CT molecular complexity index is 1330. The molecule has 1 amide bonds. The zero-order valence-electron chi connectivity index (χ0n) is 16.8. The number of nitrogens with one attached hydrogen (secondary N) is 1. The Morgan fingerprint density at radius 1 is 1.03 bits per heavy atom. The molecule has 0 unspecified atom stereocenters. The summed E-state index contributed by atoms with van der Waals surface area (Å²) in [5, 5.41) is 22.1. The van der Waals surface area contributed by atoms with Gasteiger partial charge in [-0.3, -0.25) is 19.5 Å². The van der Waals surface area contributed by atoms with E-state index in [0.717, 1.165) is 23.9 Å². The fraction of sp³-hybridized carbons (Fsp3) is 0.0455. The number of hydrogen-bond donors (Lipinski definition) is 1. The predicted molar refractivity (Wildman–Crippen MR) is 119 cm³/mol. The Kier molecular flexibility index (Phi) is 6.41. The fourth-order valence-corrected chi connectivity index (χ4v) is 3.82. The van der Waals surface area contributed by atoms with E-state index in [-0.39, 0.29) is 28.0 Å². The molecule has 0 atom stereocenters. The molecule has 0 bridgehead atoms. The molecule has 11 heteroatoms. The lowest BCUT2D eigenvalue weighted by Gasteiger charge is -2.11. The van der Waals surface area contributed by atoms with Crippen LogP contribution in [-0.2, 0) is 4.79 Å². The molecule has 1 heterocycles. The van der Waals surface area contributed by atoms with Crippen LogP contribution in [0, 0.1) is 21.7 Å². The van der Waals surface area contributed by atoms with Gasteiger partial charge in [-0.1, -0.05) is 54.2 Å². The first-order chi connectivity index (χ1) is 15.9. The van der Waals surface area contributed by atoms with E-state index in [9.17, 15) is 23.7 Å². The summed E-state index contributed by atoms with van der Waals surface area (Å²) >= 11 is 0.959. The molecule has 1 N–H and O–H groups in total. The maximum absolute atomic E-state index is 14.6. The second-order valence-electron chi connectivity index (χ2n) is 6.71. The van der Waals surface area contributed by atoms with Crippen LogP contribution in [0.15, 0.2) is 78.0 Å². The number of carbonyl (C=O) groups excluding carboxylic acids is 1. The van der Waals surface area contributed by atoms with E-state index in [1.54, 1.807) is 30.3 Å². The Balaban J connectivity index is 1.63. The molecule has 0 aliphatic heterocycles. The molecule has 1 aromatic heterocycles. The van der Waals surface area contributed by atoms with E-state index < -0.39 is 22.5 Å². The van der Waals surface area contributed by atoms with Crippen molar-refractivity contribution >= 4 is 29.0 Å². The normalized spacial score (nSPS) is 10.7. The van der Waals surface area contributed by atoms with Gasteiger partial charge >= 0.3 is 0 Å². The lowest BCUT2D eigenvalue weighted by molar-refractivity contribution is -0.383. The number of nitrogens with zero attached hydrogens (tertiary/aromatic N) is 4. The van der Waals surface area contributed by atoms with Crippen LogP contribution in [0.5, 0.6) is 0 Å². The number of hydrogen-bond acceptors (Lipinski definition) is 6. The van der Waals surface area contributed by atoms with Crippen molar-refractivity contribution in [3.8, 4) is 17.1 Å². The zero-order valence-corrected chi connectivity index (χ0v) is 17.6. The molecule has 0 fully saturated rings. The van der Waals surface area contributed by atoms with E-state index >= 15 is 0 Å². The van der Waals surface area contributed by atoms with Gasteiger partial charge < -0.3 is 5.32 Å². The third-order valence-corrected chi connectivity index (χ3v) is 5.45. The average Bonchev–Trinajstić information content (AvgIpc) is 3.22. The summed E-state index contributed by atoms with van der Waals surface area (Å²) in [7, 11) is 0. The lowest BCUT2D eigenvalue weighted by Crippen LogP contribution is -2.15. The number of nitro groups is 1. The molecule has 0 saturated carbocycles. The number of anilines is 1. The minimum atomic E-state index is -0.821. The van der Waals surface area contributed by atoms with Crippen molar-refractivity contribution in [2.75, 3.05) is 11.1 Å². The average molecular weight is 467 g/mol. The minimum Gasteiger partial charge on any atom is -0.320 e. The Morgan fingerprint density at radius 3 is 2.48 bits per heavy atom. The van der Waals surface area contributed by atoms with Crippen LogP contribution in [0.1, 0.15) is 0 Å². The summed E-state index contributed by atoms with van der Waals surface area (Å²) in [4.78, 5) is 23.0. The van der Waals surface area contributed by atoms with Crippen molar-refractivity contribution in [2.24, 2.45) is 0 Å². The summed E-state index contributed by atoms with van der Waals surface area (Å²) in [6, 6.07) is 17.8. The largest absolute Gasteiger partial charge is 0.320 e. The quantitative estimate of drug-likeness (QED) is 0.237. The molecule has 33 heavy (non-hydrogen) atoms. The summed E-state index contributed by atoms with van der Waals surface area (Å²) in [5.74, 6) is -1.95. The van der Waals surface area contributed by atoms with Crippen LogP contribution in [-0.4, -0.2) is 31.3 Å². The number of rotatable bonds is 7. The Morgan fingerprint density at radius 2 is 1.76 bits per heavy atom. The smallest absolute Gasteiger partial charge is 0.292 e. The summed E-state index contributed by atoms with van der Waals surface area (Å²) < 4.78 is 29.5. The number of halogens is 2. The summed E-state index contributed by atoms with van der Waals surface area (Å²) in [6.07, 6.45) is 0. The second-order valence-corrected chi connectivity index (χ2v) is 7.66. The molecule has 3 aromatic carbocycles. The monoisotopic (exact) mass is 467 g/mol. The number of carbonyl (C=O) groups is 1. The third-order valence-electron chi connectivity index (χ3n) is 4.52. The highest BCUT2D eigenvalue weighted by Crippen LogP contribution is 2.30. The zero-order chi connectivity index (χ0) is 23.4. The topological polar surface area (TPSA) is 103 Å². The van der Waals surface area contributed by atoms with Crippen LogP contribution in [0.3, 0.4) is 0 Å². The fourth-order valence-electron chi connectivity index (χ4n) is 3.07. The van der Waals surface area contributed by atoms with Gasteiger partial charge in [-0.05, 0) is 18.2 Å². The minimum absolute atomic E-state index is 0.0156. The molecule has 166 valence electrons. The van der Waals surface area contributed by atoms with Crippen LogP contribution in [0.25, 0.3) is 17.1 Å². The van der Waals surface area contributed by atoms with Crippen molar-refractivity contribution < 1.29 is 18.5 Å². The van der Waals surface area contributed by atoms with Crippen molar-refractivity contribution in [1.82, 2.24) is 14.8 Å². The number of thioether (sulfide) groups is 1. The van der Waals surface area contributed by atoms with Crippen molar-refractivity contribution in [1.29, 1.82) is 0 Å². The second kappa shape index (κ2) is 9.57. The first kappa shape index (κ1) is 22.1. The summed E-state index contributed by atoms with van der Waals surface area (Å²) in [6.45, 7) is 0. The van der Waals surface area contributed by atoms with E-state index in [0.29, 0.717) is 11.4 Å². The Labute approximate surface area is 190 Å². The van der Waals surface area contributed by atoms with Gasteiger partial charge in [0.25, 0.3) is 5.69 Å². The first-order valence-electron chi connectivity index (χ1n) is 9.56. The lowest BCUT2D eigenvalue weighted by atomic mass is 10.2. The van der Waals surface area contributed by atoms with Crippen LogP contribution >= 0.6 is 11.8 Å². The molecule has 0 saturated heterocycles. The molecule has 0 spiro atoms. The standard InChI is InChI=1S/C22H15F2N5O3S/c23-15-10-11-18(16(24)12-15)28-21(14-6-2-1-3-7-14)26-27-22(28)33-13-20(30)25-17-8-4-5-9-19(17)29(31)32/h1-12H,13H2,(H,25,30). The highest BCUT2D eigenvalue weighted by Gasteiger charge is 2.21. The van der Waals surface area contributed by atoms with Crippen LogP contribution in [0.4, 0.5) is 20.2 Å². The van der Waals surface area contributed by atoms with Gasteiger partial charge in [0, 0.05) is 17.7 Å². The number of nitro benzene ring substituents is 1. The van der Waals surface area contributed by atoms with Gasteiger partial charge in [-0.2, -0.15) is 0 Å². The molecule has 4 rings (SSSR count). The highest BCUT2D eigenvalue weighted by molar-refractivity contribution is 7.99. The molecule has 4 aromatic rings. The molecule has 0 aliphatic carbocycles. The van der Waals surface area contributed by atoms with Gasteiger partial charge in [0.05, 0.1) is 16.4 Å². The Hall–Kier alpha value is -4.12. The summed E-state index contributed by atoms with van der Waals surface area (Å²) in [5.41, 5.74) is 0.481. The predicted octanol–water partition coefficient (Wildman–Crippen LogP) is 4.85. The van der Waals surface area contributed by atoms with Gasteiger partial charge in [-0.25, -0.2) is 8.78 Å². The number of aromatic nitrogens is 3. The molecule has 0 radical (unpaired) electrons. The number of benzene rings is 3. The van der Waals surface area contributed by atoms with Gasteiger partial charge in [0.1, 0.15) is 17.3 Å². The van der Waals surface area contributed by atoms with Gasteiger partial charge in [-0.15, -0.1) is 10.2 Å². The maximum atomic E-state index is 14.6. The molecule has 0 aliphatic rings. The third kappa shape index (κ3) is 4.88. The van der Waals surface area contributed by atoms with E-state index in [4.69, 9.17) is 0 Å². The van der Waals surface area contributed by atoms with Crippen LogP contribution < -0.4 is 5.32 Å². The van der Waals surface area contributed by atoms with E-state index in [2.05, 4.69) is 15.5 Å². The molecule has 8 nitrogen and oxygen atoms in total. The van der Waals surface area contributed by atoms with Gasteiger partial charge in [0.2, 0.25) is 5.91 Å². The van der Waals surface area contributed by atoms with E-state index in [1.165, 1.54) is 28.8 Å². The number of amides is 1. The maximum Gasteiger partial charge on any atom is 0.292 e. The SMILES string of the molecule is O=C(CSc1nnc(-c2ccccc2)n1-c1ccc(F)cc1F)Nc1ccccc1[N+](=O)[O-]. The first-order valence-corrected chi connectivity index (χ1v) is 10.5. The van der Waals surface area contributed by atoms with Gasteiger partial charge in [0.15, 0.2) is 11.0 Å². The highest BCUT2D eigenvalue weighted by atomic mass is 32.2.